The SMILES string of the molecule is O=C(O)C=Cc1ccc2c(c1)c(-c1ccc(F)cc1)nn2C1CCCCO1. The first kappa shape index (κ1) is 17.4. The molecule has 0 spiro atoms. The maximum atomic E-state index is 13.3. The molecular formula is C21H19FN2O3. The van der Waals surface area contributed by atoms with Crippen LogP contribution in [0.1, 0.15) is 31.1 Å². The molecule has 1 aromatic heterocycles. The van der Waals surface area contributed by atoms with Crippen molar-refractivity contribution in [3.8, 4) is 11.3 Å². The molecule has 6 heteroatoms. The number of benzene rings is 2. The van der Waals surface area contributed by atoms with Crippen molar-refractivity contribution in [3.63, 3.8) is 0 Å². The van der Waals surface area contributed by atoms with Gasteiger partial charge in [0.2, 0.25) is 0 Å². The third kappa shape index (κ3) is 3.61. The van der Waals surface area contributed by atoms with Crippen molar-refractivity contribution in [2.45, 2.75) is 25.5 Å². The van der Waals surface area contributed by atoms with Crippen molar-refractivity contribution in [3.05, 3.63) is 59.9 Å². The van der Waals surface area contributed by atoms with Crippen molar-refractivity contribution in [2.75, 3.05) is 6.61 Å². The summed E-state index contributed by atoms with van der Waals surface area (Å²) in [5.41, 5.74) is 3.20. The molecule has 1 saturated heterocycles. The van der Waals surface area contributed by atoms with E-state index in [1.54, 1.807) is 18.2 Å². The second kappa shape index (κ2) is 7.32. The predicted molar refractivity (Wildman–Crippen MR) is 101 cm³/mol. The second-order valence-electron chi connectivity index (χ2n) is 6.57. The number of fused-ring (bicyclic) bond motifs is 1. The van der Waals surface area contributed by atoms with Crippen molar-refractivity contribution < 1.29 is 19.0 Å². The van der Waals surface area contributed by atoms with E-state index < -0.39 is 5.97 Å². The van der Waals surface area contributed by atoms with Crippen molar-refractivity contribution in [1.82, 2.24) is 9.78 Å². The lowest BCUT2D eigenvalue weighted by molar-refractivity contribution is -0.131. The van der Waals surface area contributed by atoms with Gasteiger partial charge in [-0.05, 0) is 67.3 Å². The van der Waals surface area contributed by atoms with E-state index in [0.29, 0.717) is 6.61 Å². The molecule has 1 aliphatic rings. The summed E-state index contributed by atoms with van der Waals surface area (Å²) < 4.78 is 21.1. The number of carboxylic acids is 1. The maximum absolute atomic E-state index is 13.3. The van der Waals surface area contributed by atoms with Gasteiger partial charge in [-0.25, -0.2) is 13.9 Å². The summed E-state index contributed by atoms with van der Waals surface area (Å²) in [5, 5.41) is 14.5. The highest BCUT2D eigenvalue weighted by atomic mass is 19.1. The zero-order valence-electron chi connectivity index (χ0n) is 14.6. The highest BCUT2D eigenvalue weighted by Gasteiger charge is 2.21. The molecule has 0 saturated carbocycles. The first-order valence-electron chi connectivity index (χ1n) is 8.92. The van der Waals surface area contributed by atoms with E-state index in [4.69, 9.17) is 14.9 Å². The lowest BCUT2D eigenvalue weighted by Crippen LogP contribution is -2.19. The molecule has 1 fully saturated rings. The van der Waals surface area contributed by atoms with Gasteiger partial charge in [-0.15, -0.1) is 0 Å². The molecule has 27 heavy (non-hydrogen) atoms. The molecule has 2 heterocycles. The summed E-state index contributed by atoms with van der Waals surface area (Å²) in [7, 11) is 0. The topological polar surface area (TPSA) is 64.3 Å². The average Bonchev–Trinajstić information content (AvgIpc) is 3.06. The Balaban J connectivity index is 1.86. The summed E-state index contributed by atoms with van der Waals surface area (Å²) in [6, 6.07) is 11.9. The number of carbonyl (C=O) groups is 1. The monoisotopic (exact) mass is 366 g/mol. The number of carboxylic acid groups (broad SMARTS) is 1. The zero-order chi connectivity index (χ0) is 18.8. The molecule has 2 aromatic carbocycles. The van der Waals surface area contributed by atoms with E-state index in [1.807, 2.05) is 22.9 Å². The Bertz CT molecular complexity index is 1000. The van der Waals surface area contributed by atoms with Crippen LogP contribution in [0.5, 0.6) is 0 Å². The highest BCUT2D eigenvalue weighted by Crippen LogP contribution is 2.33. The van der Waals surface area contributed by atoms with Gasteiger partial charge in [0, 0.05) is 23.6 Å². The van der Waals surface area contributed by atoms with Gasteiger partial charge in [0.15, 0.2) is 6.23 Å². The van der Waals surface area contributed by atoms with E-state index in [1.165, 1.54) is 12.1 Å². The Morgan fingerprint density at radius 2 is 2.04 bits per heavy atom. The molecule has 1 unspecified atom stereocenters. The number of aliphatic carboxylic acids is 1. The smallest absolute Gasteiger partial charge is 0.328 e. The van der Waals surface area contributed by atoms with Gasteiger partial charge in [0.05, 0.1) is 5.52 Å². The van der Waals surface area contributed by atoms with Crippen LogP contribution in [0, 0.1) is 5.82 Å². The van der Waals surface area contributed by atoms with E-state index in [9.17, 15) is 9.18 Å². The number of rotatable bonds is 4. The van der Waals surface area contributed by atoms with Gasteiger partial charge in [0.1, 0.15) is 11.5 Å². The number of hydrogen-bond acceptors (Lipinski definition) is 3. The number of halogens is 1. The fourth-order valence-corrected chi connectivity index (χ4v) is 3.39. The molecule has 1 aliphatic heterocycles. The zero-order valence-corrected chi connectivity index (χ0v) is 14.6. The fourth-order valence-electron chi connectivity index (χ4n) is 3.39. The molecule has 0 aliphatic carbocycles. The Kier molecular flexibility index (Phi) is 4.73. The van der Waals surface area contributed by atoms with Crippen molar-refractivity contribution >= 4 is 22.9 Å². The number of aromatic nitrogens is 2. The third-order valence-electron chi connectivity index (χ3n) is 4.69. The van der Waals surface area contributed by atoms with Gasteiger partial charge < -0.3 is 9.84 Å². The normalized spacial score (nSPS) is 17.6. The van der Waals surface area contributed by atoms with Crippen LogP contribution in [0.3, 0.4) is 0 Å². The fraction of sp³-hybridized carbons (Fsp3) is 0.238. The lowest BCUT2D eigenvalue weighted by atomic mass is 10.1. The first-order valence-corrected chi connectivity index (χ1v) is 8.92. The summed E-state index contributed by atoms with van der Waals surface area (Å²) >= 11 is 0. The molecule has 1 atom stereocenters. The molecule has 0 radical (unpaired) electrons. The second-order valence-corrected chi connectivity index (χ2v) is 6.57. The van der Waals surface area contributed by atoms with Crippen molar-refractivity contribution in [2.24, 2.45) is 0 Å². The van der Waals surface area contributed by atoms with Crippen LogP contribution >= 0.6 is 0 Å². The summed E-state index contributed by atoms with van der Waals surface area (Å²) in [4.78, 5) is 10.8. The van der Waals surface area contributed by atoms with Crippen LogP contribution in [0.4, 0.5) is 4.39 Å². The largest absolute Gasteiger partial charge is 0.478 e. The molecule has 4 rings (SSSR count). The molecular weight excluding hydrogens is 347 g/mol. The minimum Gasteiger partial charge on any atom is -0.478 e. The third-order valence-corrected chi connectivity index (χ3v) is 4.69. The van der Waals surface area contributed by atoms with Crippen LogP contribution in [-0.2, 0) is 9.53 Å². The van der Waals surface area contributed by atoms with Crippen LogP contribution in [0.15, 0.2) is 48.5 Å². The first-order chi connectivity index (χ1) is 13.1. The molecule has 0 bridgehead atoms. The Morgan fingerprint density at radius 1 is 1.22 bits per heavy atom. The van der Waals surface area contributed by atoms with E-state index in [-0.39, 0.29) is 12.0 Å². The molecule has 5 nitrogen and oxygen atoms in total. The van der Waals surface area contributed by atoms with Gasteiger partial charge in [-0.1, -0.05) is 6.07 Å². The van der Waals surface area contributed by atoms with Crippen LogP contribution < -0.4 is 0 Å². The lowest BCUT2D eigenvalue weighted by Gasteiger charge is -2.23. The summed E-state index contributed by atoms with van der Waals surface area (Å²) in [6.07, 6.45) is 5.54. The van der Waals surface area contributed by atoms with Gasteiger partial charge in [-0.2, -0.15) is 5.10 Å². The number of nitrogens with zero attached hydrogens (tertiary/aromatic N) is 2. The van der Waals surface area contributed by atoms with Gasteiger partial charge >= 0.3 is 5.97 Å². The predicted octanol–water partition coefficient (Wildman–Crippen LogP) is 4.64. The Hall–Kier alpha value is -2.99. The molecule has 1 N–H and O–H groups in total. The standard InChI is InChI=1S/C21H19FN2O3/c22-16-8-6-15(7-9-16)21-17-13-14(5-11-20(25)26)4-10-18(17)24(23-21)19-3-1-2-12-27-19/h4-11,13,19H,1-3,12H2,(H,25,26). The van der Waals surface area contributed by atoms with E-state index >= 15 is 0 Å². The van der Waals surface area contributed by atoms with Crippen LogP contribution in [0.25, 0.3) is 28.2 Å². The number of hydrogen-bond donors (Lipinski definition) is 1. The minimum atomic E-state index is -1.000. The Labute approximate surface area is 155 Å². The van der Waals surface area contributed by atoms with Crippen LogP contribution in [-0.4, -0.2) is 27.5 Å². The summed E-state index contributed by atoms with van der Waals surface area (Å²) in [5.74, 6) is -1.30. The van der Waals surface area contributed by atoms with Crippen LogP contribution in [0.2, 0.25) is 0 Å². The van der Waals surface area contributed by atoms with E-state index in [0.717, 1.165) is 53.1 Å². The van der Waals surface area contributed by atoms with Crippen molar-refractivity contribution in [1.29, 1.82) is 0 Å². The quantitative estimate of drug-likeness (QED) is 0.683. The van der Waals surface area contributed by atoms with Gasteiger partial charge in [0.25, 0.3) is 0 Å². The molecule has 138 valence electrons. The summed E-state index contributed by atoms with van der Waals surface area (Å²) in [6.45, 7) is 0.706. The van der Waals surface area contributed by atoms with E-state index in [2.05, 4.69) is 0 Å². The van der Waals surface area contributed by atoms with Gasteiger partial charge in [-0.3, -0.25) is 0 Å². The Morgan fingerprint density at radius 3 is 2.74 bits per heavy atom. The minimum absolute atomic E-state index is 0.129. The molecule has 0 amide bonds. The number of ether oxygens (including phenoxy) is 1. The average molecular weight is 366 g/mol. The molecule has 3 aromatic rings. The highest BCUT2D eigenvalue weighted by molar-refractivity contribution is 5.95. The maximum Gasteiger partial charge on any atom is 0.328 e.